The number of ether oxygens (including phenoxy) is 1. The first-order chi connectivity index (χ1) is 7.78. The Hall–Kier alpha value is -0.160. The number of aliphatic hydroxyl groups is 1. The summed E-state index contributed by atoms with van der Waals surface area (Å²) in [6.07, 6.45) is 5.19. The molecule has 0 amide bonds. The van der Waals surface area contributed by atoms with E-state index in [4.69, 9.17) is 15.6 Å². The quantitative estimate of drug-likeness (QED) is 0.721. The van der Waals surface area contributed by atoms with Gasteiger partial charge in [-0.3, -0.25) is 4.90 Å². The third kappa shape index (κ3) is 2.74. The van der Waals surface area contributed by atoms with Crippen molar-refractivity contribution in [3.05, 3.63) is 0 Å². The molecule has 1 saturated heterocycles. The summed E-state index contributed by atoms with van der Waals surface area (Å²) >= 11 is 0. The van der Waals surface area contributed by atoms with Crippen molar-refractivity contribution in [2.45, 2.75) is 31.8 Å². The molecule has 1 atom stereocenters. The number of hydrogen-bond acceptors (Lipinski definition) is 4. The minimum absolute atomic E-state index is 0.00461. The van der Waals surface area contributed by atoms with E-state index >= 15 is 0 Å². The molecule has 1 aliphatic carbocycles. The zero-order valence-corrected chi connectivity index (χ0v) is 10.0. The largest absolute Gasteiger partial charge is 0.394 e. The predicted octanol–water partition coefficient (Wildman–Crippen LogP) is 0.199. The average Bonchev–Trinajstić information content (AvgIpc) is 2.78. The summed E-state index contributed by atoms with van der Waals surface area (Å²) in [4.78, 5) is 2.42. The minimum Gasteiger partial charge on any atom is -0.394 e. The Morgan fingerprint density at radius 1 is 1.38 bits per heavy atom. The van der Waals surface area contributed by atoms with Crippen molar-refractivity contribution in [2.75, 3.05) is 39.4 Å². The van der Waals surface area contributed by atoms with E-state index in [9.17, 15) is 0 Å². The first kappa shape index (κ1) is 12.3. The summed E-state index contributed by atoms with van der Waals surface area (Å²) < 4.78 is 5.47. The molecule has 2 fully saturated rings. The highest BCUT2D eigenvalue weighted by molar-refractivity contribution is 4.89. The SMILES string of the molecule is NCC1(CN2CCOC(CO)C2)CCCC1. The number of nitrogens with zero attached hydrogens (tertiary/aromatic N) is 1. The van der Waals surface area contributed by atoms with Crippen molar-refractivity contribution in [2.24, 2.45) is 11.1 Å². The van der Waals surface area contributed by atoms with Gasteiger partial charge in [0.15, 0.2) is 0 Å². The smallest absolute Gasteiger partial charge is 0.0932 e. The molecule has 0 bridgehead atoms. The van der Waals surface area contributed by atoms with Gasteiger partial charge in [-0.2, -0.15) is 0 Å². The van der Waals surface area contributed by atoms with E-state index in [1.54, 1.807) is 0 Å². The molecule has 0 aromatic heterocycles. The Morgan fingerprint density at radius 2 is 2.12 bits per heavy atom. The fourth-order valence-electron chi connectivity index (χ4n) is 3.06. The highest BCUT2D eigenvalue weighted by Gasteiger charge is 2.35. The van der Waals surface area contributed by atoms with E-state index in [2.05, 4.69) is 4.90 Å². The Kier molecular flexibility index (Phi) is 4.19. The molecule has 4 nitrogen and oxygen atoms in total. The highest BCUT2D eigenvalue weighted by atomic mass is 16.5. The Labute approximate surface area is 97.7 Å². The molecular weight excluding hydrogens is 204 g/mol. The monoisotopic (exact) mass is 228 g/mol. The molecule has 0 radical (unpaired) electrons. The lowest BCUT2D eigenvalue weighted by atomic mass is 9.85. The van der Waals surface area contributed by atoms with Gasteiger partial charge in [0.25, 0.3) is 0 Å². The predicted molar refractivity (Wildman–Crippen MR) is 63.2 cm³/mol. The second-order valence-electron chi connectivity index (χ2n) is 5.32. The summed E-state index contributed by atoms with van der Waals surface area (Å²) in [6, 6.07) is 0. The number of rotatable bonds is 4. The molecule has 16 heavy (non-hydrogen) atoms. The molecule has 94 valence electrons. The van der Waals surface area contributed by atoms with Gasteiger partial charge in [0.1, 0.15) is 0 Å². The number of nitrogens with two attached hydrogens (primary N) is 1. The molecule has 1 aliphatic heterocycles. The number of aliphatic hydroxyl groups excluding tert-OH is 1. The van der Waals surface area contributed by atoms with E-state index in [-0.39, 0.29) is 12.7 Å². The van der Waals surface area contributed by atoms with Crippen molar-refractivity contribution in [3.63, 3.8) is 0 Å². The van der Waals surface area contributed by atoms with Crippen LogP contribution < -0.4 is 5.73 Å². The second kappa shape index (κ2) is 5.45. The zero-order chi connectivity index (χ0) is 11.4. The minimum atomic E-state index is 0.00461. The molecule has 1 saturated carbocycles. The third-order valence-electron chi connectivity index (χ3n) is 4.08. The van der Waals surface area contributed by atoms with Crippen LogP contribution in [0.2, 0.25) is 0 Å². The summed E-state index contributed by atoms with van der Waals surface area (Å²) in [7, 11) is 0. The molecule has 4 heteroatoms. The van der Waals surface area contributed by atoms with Gasteiger partial charge in [-0.05, 0) is 24.8 Å². The summed E-state index contributed by atoms with van der Waals surface area (Å²) in [6.45, 7) is 4.60. The molecule has 2 rings (SSSR count). The topological polar surface area (TPSA) is 58.7 Å². The lowest BCUT2D eigenvalue weighted by Crippen LogP contribution is -2.49. The van der Waals surface area contributed by atoms with E-state index < -0.39 is 0 Å². The van der Waals surface area contributed by atoms with Gasteiger partial charge < -0.3 is 15.6 Å². The Morgan fingerprint density at radius 3 is 2.75 bits per heavy atom. The molecule has 3 N–H and O–H groups in total. The Bertz CT molecular complexity index is 217. The van der Waals surface area contributed by atoms with Crippen LogP contribution in [0.1, 0.15) is 25.7 Å². The van der Waals surface area contributed by atoms with Crippen LogP contribution >= 0.6 is 0 Å². The first-order valence-corrected chi connectivity index (χ1v) is 6.43. The molecule has 1 unspecified atom stereocenters. The van der Waals surface area contributed by atoms with E-state index in [0.717, 1.165) is 32.8 Å². The van der Waals surface area contributed by atoms with Crippen molar-refractivity contribution in [1.29, 1.82) is 0 Å². The van der Waals surface area contributed by atoms with Gasteiger partial charge in [-0.25, -0.2) is 0 Å². The fourth-order valence-corrected chi connectivity index (χ4v) is 3.06. The summed E-state index contributed by atoms with van der Waals surface area (Å²) in [5.41, 5.74) is 6.29. The van der Waals surface area contributed by atoms with Crippen molar-refractivity contribution >= 4 is 0 Å². The van der Waals surface area contributed by atoms with Crippen molar-refractivity contribution < 1.29 is 9.84 Å². The maximum atomic E-state index is 9.11. The van der Waals surface area contributed by atoms with Crippen LogP contribution in [-0.4, -0.2) is 55.5 Å². The van der Waals surface area contributed by atoms with Crippen LogP contribution in [0.25, 0.3) is 0 Å². The zero-order valence-electron chi connectivity index (χ0n) is 10.0. The normalized spacial score (nSPS) is 30.8. The fraction of sp³-hybridized carbons (Fsp3) is 1.00. The summed E-state index contributed by atoms with van der Waals surface area (Å²) in [5, 5.41) is 9.11. The molecule has 2 aliphatic rings. The second-order valence-corrected chi connectivity index (χ2v) is 5.32. The van der Waals surface area contributed by atoms with Crippen LogP contribution in [0.15, 0.2) is 0 Å². The lowest BCUT2D eigenvalue weighted by Gasteiger charge is -2.38. The molecule has 0 aromatic rings. The van der Waals surface area contributed by atoms with Gasteiger partial charge in [0.05, 0.1) is 19.3 Å². The Balaban J connectivity index is 1.87. The maximum absolute atomic E-state index is 9.11. The van der Waals surface area contributed by atoms with Gasteiger partial charge in [-0.1, -0.05) is 12.8 Å². The van der Waals surface area contributed by atoms with Gasteiger partial charge >= 0.3 is 0 Å². The highest BCUT2D eigenvalue weighted by Crippen LogP contribution is 2.38. The number of hydrogen-bond donors (Lipinski definition) is 2. The summed E-state index contributed by atoms with van der Waals surface area (Å²) in [5.74, 6) is 0. The van der Waals surface area contributed by atoms with Gasteiger partial charge in [-0.15, -0.1) is 0 Å². The van der Waals surface area contributed by atoms with E-state index in [1.807, 2.05) is 0 Å². The van der Waals surface area contributed by atoms with Crippen LogP contribution in [-0.2, 0) is 4.74 Å². The third-order valence-corrected chi connectivity index (χ3v) is 4.08. The lowest BCUT2D eigenvalue weighted by molar-refractivity contribution is -0.0617. The van der Waals surface area contributed by atoms with E-state index in [0.29, 0.717) is 5.41 Å². The molecule has 1 heterocycles. The van der Waals surface area contributed by atoms with Gasteiger partial charge in [0, 0.05) is 19.6 Å². The molecule has 0 spiro atoms. The molecule has 0 aromatic carbocycles. The average molecular weight is 228 g/mol. The van der Waals surface area contributed by atoms with Crippen LogP contribution in [0.5, 0.6) is 0 Å². The van der Waals surface area contributed by atoms with Crippen LogP contribution in [0, 0.1) is 5.41 Å². The van der Waals surface area contributed by atoms with Crippen molar-refractivity contribution in [1.82, 2.24) is 4.90 Å². The van der Waals surface area contributed by atoms with E-state index in [1.165, 1.54) is 25.7 Å². The van der Waals surface area contributed by atoms with Crippen LogP contribution in [0.3, 0.4) is 0 Å². The first-order valence-electron chi connectivity index (χ1n) is 6.43. The van der Waals surface area contributed by atoms with Crippen LogP contribution in [0.4, 0.5) is 0 Å². The maximum Gasteiger partial charge on any atom is 0.0932 e. The standard InChI is InChI=1S/C12H24N2O2/c13-9-12(3-1-2-4-12)10-14-5-6-16-11(7-14)8-15/h11,15H,1-10,13H2. The van der Waals surface area contributed by atoms with Gasteiger partial charge in [0.2, 0.25) is 0 Å². The van der Waals surface area contributed by atoms with Crippen molar-refractivity contribution in [3.8, 4) is 0 Å². The molecular formula is C12H24N2O2. The number of morpholine rings is 1.